The molecule has 1 aromatic rings. The maximum atomic E-state index is 8.61. The summed E-state index contributed by atoms with van der Waals surface area (Å²) in [6.07, 6.45) is 4.05. The zero-order valence-corrected chi connectivity index (χ0v) is 9.70. The van der Waals surface area contributed by atoms with Crippen LogP contribution in [0.5, 0.6) is 0 Å². The number of rotatable bonds is 4. The van der Waals surface area contributed by atoms with Gasteiger partial charge in [-0.15, -0.1) is 0 Å². The van der Waals surface area contributed by atoms with E-state index in [1.807, 2.05) is 12.1 Å². The summed E-state index contributed by atoms with van der Waals surface area (Å²) in [6.45, 7) is 4.12. The molecule has 2 unspecified atom stereocenters. The van der Waals surface area contributed by atoms with Gasteiger partial charge in [-0.05, 0) is 43.4 Å². The first-order valence-electron chi connectivity index (χ1n) is 5.97. The van der Waals surface area contributed by atoms with Gasteiger partial charge in [0.2, 0.25) is 5.76 Å². The van der Waals surface area contributed by atoms with E-state index in [0.29, 0.717) is 5.76 Å². The molecular weight excluding hydrogens is 200 g/mol. The molecule has 0 aromatic carbocycles. The molecule has 16 heavy (non-hydrogen) atoms. The highest BCUT2D eigenvalue weighted by Crippen LogP contribution is 2.29. The number of furan rings is 1. The number of nitrogens with one attached hydrogen (secondary N) is 1. The molecule has 0 bridgehead atoms. The van der Waals surface area contributed by atoms with Crippen LogP contribution in [0.25, 0.3) is 0 Å². The van der Waals surface area contributed by atoms with Crippen LogP contribution in [0.2, 0.25) is 0 Å². The summed E-state index contributed by atoms with van der Waals surface area (Å²) in [6, 6.07) is 5.57. The summed E-state index contributed by atoms with van der Waals surface area (Å²) in [5.41, 5.74) is 0. The number of nitriles is 1. The van der Waals surface area contributed by atoms with Crippen LogP contribution < -0.4 is 5.32 Å². The van der Waals surface area contributed by atoms with E-state index in [9.17, 15) is 0 Å². The van der Waals surface area contributed by atoms with Crippen molar-refractivity contribution in [3.63, 3.8) is 0 Å². The molecule has 1 aliphatic carbocycles. The van der Waals surface area contributed by atoms with E-state index in [4.69, 9.17) is 9.68 Å². The van der Waals surface area contributed by atoms with E-state index in [2.05, 4.69) is 12.2 Å². The highest BCUT2D eigenvalue weighted by Gasteiger charge is 2.20. The van der Waals surface area contributed by atoms with Crippen molar-refractivity contribution >= 4 is 0 Å². The van der Waals surface area contributed by atoms with Crippen molar-refractivity contribution in [2.45, 2.75) is 32.7 Å². The molecular formula is C13H18N2O. The highest BCUT2D eigenvalue weighted by atomic mass is 16.3. The van der Waals surface area contributed by atoms with E-state index in [-0.39, 0.29) is 0 Å². The van der Waals surface area contributed by atoms with Crippen LogP contribution >= 0.6 is 0 Å². The highest BCUT2D eigenvalue weighted by molar-refractivity contribution is 5.18. The summed E-state index contributed by atoms with van der Waals surface area (Å²) < 4.78 is 5.30. The van der Waals surface area contributed by atoms with Gasteiger partial charge in [0.25, 0.3) is 0 Å². The fourth-order valence-electron chi connectivity index (χ4n) is 2.44. The van der Waals surface area contributed by atoms with Gasteiger partial charge in [0.15, 0.2) is 0 Å². The van der Waals surface area contributed by atoms with Crippen LogP contribution in [0.15, 0.2) is 16.5 Å². The predicted molar refractivity (Wildman–Crippen MR) is 61.6 cm³/mol. The molecule has 2 rings (SSSR count). The second-order valence-corrected chi connectivity index (χ2v) is 4.79. The third kappa shape index (κ3) is 2.86. The number of hydrogen-bond acceptors (Lipinski definition) is 3. The van der Waals surface area contributed by atoms with Gasteiger partial charge in [0.05, 0.1) is 6.54 Å². The molecule has 3 nitrogen and oxygen atoms in total. The van der Waals surface area contributed by atoms with Crippen molar-refractivity contribution in [3.8, 4) is 6.07 Å². The van der Waals surface area contributed by atoms with E-state index in [0.717, 1.165) is 30.7 Å². The second-order valence-electron chi connectivity index (χ2n) is 4.79. The first-order valence-corrected chi connectivity index (χ1v) is 5.97. The van der Waals surface area contributed by atoms with Crippen LogP contribution in [0.4, 0.5) is 0 Å². The van der Waals surface area contributed by atoms with Crippen molar-refractivity contribution in [1.29, 1.82) is 5.26 Å². The largest absolute Gasteiger partial charge is 0.449 e. The van der Waals surface area contributed by atoms with Crippen LogP contribution in [0.1, 0.15) is 37.7 Å². The maximum absolute atomic E-state index is 8.61. The Bertz CT molecular complexity index is 378. The van der Waals surface area contributed by atoms with Crippen LogP contribution in [-0.4, -0.2) is 6.54 Å². The van der Waals surface area contributed by atoms with Gasteiger partial charge in [0, 0.05) is 0 Å². The van der Waals surface area contributed by atoms with Crippen LogP contribution in [0.3, 0.4) is 0 Å². The maximum Gasteiger partial charge on any atom is 0.203 e. The van der Waals surface area contributed by atoms with Crippen molar-refractivity contribution in [1.82, 2.24) is 5.32 Å². The summed E-state index contributed by atoms with van der Waals surface area (Å²) in [5, 5.41) is 12.0. The van der Waals surface area contributed by atoms with Crippen molar-refractivity contribution < 1.29 is 4.42 Å². The fourth-order valence-corrected chi connectivity index (χ4v) is 2.44. The smallest absolute Gasteiger partial charge is 0.203 e. The lowest BCUT2D eigenvalue weighted by Gasteiger charge is -2.09. The van der Waals surface area contributed by atoms with Gasteiger partial charge in [-0.1, -0.05) is 13.3 Å². The number of nitrogens with zero attached hydrogens (tertiary/aromatic N) is 1. The molecule has 0 spiro atoms. The molecule has 86 valence electrons. The Morgan fingerprint density at radius 2 is 2.38 bits per heavy atom. The molecule has 1 saturated carbocycles. The second kappa shape index (κ2) is 5.18. The molecule has 0 amide bonds. The van der Waals surface area contributed by atoms with Gasteiger partial charge in [-0.25, -0.2) is 0 Å². The summed E-state index contributed by atoms with van der Waals surface area (Å²) in [5.74, 6) is 2.95. The first-order chi connectivity index (χ1) is 7.78. The predicted octanol–water partition coefficient (Wildman–Crippen LogP) is 2.68. The molecule has 1 fully saturated rings. The lowest BCUT2D eigenvalue weighted by Crippen LogP contribution is -2.20. The number of hydrogen-bond donors (Lipinski definition) is 1. The Morgan fingerprint density at radius 1 is 1.50 bits per heavy atom. The van der Waals surface area contributed by atoms with Crippen LogP contribution in [-0.2, 0) is 6.54 Å². The van der Waals surface area contributed by atoms with E-state index in [1.54, 1.807) is 6.07 Å². The quantitative estimate of drug-likeness (QED) is 0.845. The molecule has 0 saturated heterocycles. The van der Waals surface area contributed by atoms with Crippen molar-refractivity contribution in [2.24, 2.45) is 11.8 Å². The van der Waals surface area contributed by atoms with Gasteiger partial charge >= 0.3 is 0 Å². The van der Waals surface area contributed by atoms with Crippen molar-refractivity contribution in [3.05, 3.63) is 23.7 Å². The molecule has 0 aliphatic heterocycles. The SMILES string of the molecule is CC1CCC(CNCc2ccc(C#N)o2)C1. The minimum atomic E-state index is 0.395. The average Bonchev–Trinajstić information content (AvgIpc) is 2.88. The van der Waals surface area contributed by atoms with Gasteiger partial charge in [0.1, 0.15) is 11.8 Å². The summed E-state index contributed by atoms with van der Waals surface area (Å²) in [7, 11) is 0. The summed E-state index contributed by atoms with van der Waals surface area (Å²) in [4.78, 5) is 0. The van der Waals surface area contributed by atoms with Gasteiger partial charge in [-0.2, -0.15) is 5.26 Å². The summed E-state index contributed by atoms with van der Waals surface area (Å²) >= 11 is 0. The third-order valence-corrected chi connectivity index (χ3v) is 3.31. The zero-order chi connectivity index (χ0) is 11.4. The Kier molecular flexibility index (Phi) is 3.63. The van der Waals surface area contributed by atoms with E-state index in [1.165, 1.54) is 19.3 Å². The molecule has 0 radical (unpaired) electrons. The first kappa shape index (κ1) is 11.2. The van der Waals surface area contributed by atoms with Gasteiger partial charge in [-0.3, -0.25) is 0 Å². The Hall–Kier alpha value is -1.27. The minimum absolute atomic E-state index is 0.395. The Labute approximate surface area is 96.4 Å². The fraction of sp³-hybridized carbons (Fsp3) is 0.615. The standard InChI is InChI=1S/C13H18N2O/c1-10-2-3-11(6-10)8-15-9-13-5-4-12(7-14)16-13/h4-5,10-11,15H,2-3,6,8-9H2,1H3. The van der Waals surface area contributed by atoms with Gasteiger partial charge < -0.3 is 9.73 Å². The Morgan fingerprint density at radius 3 is 3.00 bits per heavy atom. The normalized spacial score (nSPS) is 24.5. The van der Waals surface area contributed by atoms with E-state index >= 15 is 0 Å². The molecule has 1 aromatic heterocycles. The molecule has 3 heteroatoms. The topological polar surface area (TPSA) is 49.0 Å². The molecule has 1 heterocycles. The zero-order valence-electron chi connectivity index (χ0n) is 9.70. The monoisotopic (exact) mass is 218 g/mol. The molecule has 1 N–H and O–H groups in total. The van der Waals surface area contributed by atoms with Crippen molar-refractivity contribution in [2.75, 3.05) is 6.54 Å². The van der Waals surface area contributed by atoms with Crippen LogP contribution in [0, 0.1) is 23.2 Å². The lowest BCUT2D eigenvalue weighted by atomic mass is 10.1. The minimum Gasteiger partial charge on any atom is -0.449 e. The average molecular weight is 218 g/mol. The molecule has 2 atom stereocenters. The Balaban J connectivity index is 1.70. The van der Waals surface area contributed by atoms with E-state index < -0.39 is 0 Å². The molecule has 1 aliphatic rings. The third-order valence-electron chi connectivity index (χ3n) is 3.31. The lowest BCUT2D eigenvalue weighted by molar-refractivity contribution is 0.432.